The molecule has 4 N–H and O–H groups in total. The van der Waals surface area contributed by atoms with E-state index in [0.717, 1.165) is 44.0 Å². The van der Waals surface area contributed by atoms with Crippen molar-refractivity contribution in [1.29, 1.82) is 0 Å². The number of hydrogen-bond acceptors (Lipinski definition) is 6. The third-order valence-electron chi connectivity index (χ3n) is 5.02. The van der Waals surface area contributed by atoms with Crippen LogP contribution in [0, 0.1) is 18.6 Å². The smallest absolute Gasteiger partial charge is 0.319 e. The summed E-state index contributed by atoms with van der Waals surface area (Å²) in [5.74, 6) is -3.00. The van der Waals surface area contributed by atoms with E-state index >= 15 is 0 Å². The van der Waals surface area contributed by atoms with Crippen molar-refractivity contribution >= 4 is 28.5 Å². The summed E-state index contributed by atoms with van der Waals surface area (Å²) in [7, 11) is 0. The zero-order valence-electron chi connectivity index (χ0n) is 17.2. The van der Waals surface area contributed by atoms with Crippen LogP contribution in [0.1, 0.15) is 40.7 Å². The molecule has 0 radical (unpaired) electrons. The first-order valence-corrected chi connectivity index (χ1v) is 10.8. The summed E-state index contributed by atoms with van der Waals surface area (Å²) in [4.78, 5) is 26.3. The van der Waals surface area contributed by atoms with E-state index in [4.69, 9.17) is 10.5 Å². The first-order chi connectivity index (χ1) is 14.9. The molecule has 168 valence electrons. The van der Waals surface area contributed by atoms with Crippen LogP contribution in [0.15, 0.2) is 12.1 Å². The average Bonchev–Trinajstić information content (AvgIpc) is 3.15. The third kappa shape index (κ3) is 5.88. The number of nitrogens with two attached hydrogens (primary N) is 1. The van der Waals surface area contributed by atoms with Crippen LogP contribution in [-0.4, -0.2) is 47.4 Å². The van der Waals surface area contributed by atoms with Gasteiger partial charge in [-0.15, -0.1) is 0 Å². The van der Waals surface area contributed by atoms with Gasteiger partial charge in [0.15, 0.2) is 11.6 Å². The van der Waals surface area contributed by atoms with E-state index in [-0.39, 0.29) is 34.2 Å². The van der Waals surface area contributed by atoms with Gasteiger partial charge in [-0.3, -0.25) is 10.1 Å². The number of likely N-dealkylation sites (tertiary alicyclic amines) is 1. The molecule has 3 rings (SSSR count). The van der Waals surface area contributed by atoms with E-state index in [1.165, 1.54) is 25.5 Å². The topological polar surface area (TPSA) is 110 Å². The standard InChI is InChI=1S/C20H25F2N5O3S/c1-12-5-6-13(16(22)15(12)21)11-30-18-14(17(23)28)19(31-26-18)25-20(29)24-7-10-27-8-3-2-4-9-27/h5-6H,2-4,7-11H2,1H3,(H2,23,28)(H2,24,25,29). The highest BCUT2D eigenvalue weighted by Gasteiger charge is 2.23. The van der Waals surface area contributed by atoms with Crippen molar-refractivity contribution in [3.8, 4) is 5.88 Å². The SMILES string of the molecule is Cc1ccc(COc2nsc(NC(=O)NCCN3CCCCC3)c2C(N)=O)c(F)c1F. The fourth-order valence-corrected chi connectivity index (χ4v) is 4.01. The van der Waals surface area contributed by atoms with Crippen molar-refractivity contribution in [2.24, 2.45) is 5.73 Å². The number of amides is 3. The largest absolute Gasteiger partial charge is 0.471 e. The van der Waals surface area contributed by atoms with Crippen LogP contribution >= 0.6 is 11.5 Å². The Labute approximate surface area is 182 Å². The molecule has 0 atom stereocenters. The fourth-order valence-electron chi connectivity index (χ4n) is 3.28. The van der Waals surface area contributed by atoms with Crippen LogP contribution in [0.3, 0.4) is 0 Å². The van der Waals surface area contributed by atoms with Gasteiger partial charge < -0.3 is 20.7 Å². The summed E-state index contributed by atoms with van der Waals surface area (Å²) in [5.41, 5.74) is 5.43. The van der Waals surface area contributed by atoms with Gasteiger partial charge in [-0.05, 0) is 50.0 Å². The van der Waals surface area contributed by atoms with Crippen molar-refractivity contribution in [1.82, 2.24) is 14.6 Å². The number of halogens is 2. The lowest BCUT2D eigenvalue weighted by atomic mass is 10.1. The molecule has 0 bridgehead atoms. The van der Waals surface area contributed by atoms with Crippen LogP contribution in [-0.2, 0) is 6.61 Å². The lowest BCUT2D eigenvalue weighted by Crippen LogP contribution is -2.39. The van der Waals surface area contributed by atoms with Crippen LogP contribution in [0.25, 0.3) is 0 Å². The van der Waals surface area contributed by atoms with E-state index in [1.54, 1.807) is 0 Å². The minimum Gasteiger partial charge on any atom is -0.471 e. The summed E-state index contributed by atoms with van der Waals surface area (Å²) in [6.45, 7) is 4.34. The average molecular weight is 454 g/mol. The van der Waals surface area contributed by atoms with E-state index in [9.17, 15) is 18.4 Å². The molecule has 1 aromatic carbocycles. The molecule has 3 amide bonds. The molecule has 1 aliphatic heterocycles. The number of aryl methyl sites for hydroxylation is 1. The Hall–Kier alpha value is -2.79. The van der Waals surface area contributed by atoms with Crippen LogP contribution in [0.5, 0.6) is 5.88 Å². The Morgan fingerprint density at radius 1 is 1.23 bits per heavy atom. The molecule has 1 fully saturated rings. The second-order valence-electron chi connectivity index (χ2n) is 7.30. The van der Waals surface area contributed by atoms with Gasteiger partial charge in [-0.1, -0.05) is 18.6 Å². The monoisotopic (exact) mass is 453 g/mol. The molecule has 8 nitrogen and oxygen atoms in total. The lowest BCUT2D eigenvalue weighted by Gasteiger charge is -2.26. The summed E-state index contributed by atoms with van der Waals surface area (Å²) in [6.07, 6.45) is 3.56. The predicted octanol–water partition coefficient (Wildman–Crippen LogP) is 3.02. The maximum absolute atomic E-state index is 14.0. The van der Waals surface area contributed by atoms with Crippen molar-refractivity contribution < 1.29 is 23.1 Å². The molecule has 2 heterocycles. The molecule has 1 saturated heterocycles. The number of rotatable bonds is 8. The van der Waals surface area contributed by atoms with E-state index < -0.39 is 23.6 Å². The number of primary amides is 1. The number of aromatic nitrogens is 1. The number of nitrogens with zero attached hydrogens (tertiary/aromatic N) is 2. The molecular formula is C20H25F2N5O3S. The zero-order valence-corrected chi connectivity index (χ0v) is 18.0. The Morgan fingerprint density at radius 2 is 1.97 bits per heavy atom. The molecule has 11 heteroatoms. The quantitative estimate of drug-likeness (QED) is 0.569. The Bertz CT molecular complexity index is 947. The highest BCUT2D eigenvalue weighted by Crippen LogP contribution is 2.31. The molecule has 2 aromatic rings. The molecular weight excluding hydrogens is 428 g/mol. The Balaban J connectivity index is 1.59. The van der Waals surface area contributed by atoms with E-state index in [1.807, 2.05) is 0 Å². The number of ether oxygens (including phenoxy) is 1. The second-order valence-corrected chi connectivity index (χ2v) is 8.07. The van der Waals surface area contributed by atoms with Crippen molar-refractivity contribution in [2.45, 2.75) is 32.8 Å². The molecule has 0 unspecified atom stereocenters. The van der Waals surface area contributed by atoms with E-state index in [2.05, 4.69) is 19.9 Å². The molecule has 1 aromatic heterocycles. The zero-order chi connectivity index (χ0) is 22.4. The molecule has 0 spiro atoms. The molecule has 0 saturated carbocycles. The van der Waals surface area contributed by atoms with Gasteiger partial charge >= 0.3 is 6.03 Å². The summed E-state index contributed by atoms with van der Waals surface area (Å²) >= 11 is 0.813. The van der Waals surface area contributed by atoms with Gasteiger partial charge in [0.1, 0.15) is 17.2 Å². The number of carbonyl (C=O) groups is 2. The second kappa shape index (κ2) is 10.5. The van der Waals surface area contributed by atoms with Crippen LogP contribution < -0.4 is 21.1 Å². The first kappa shape index (κ1) is 22.9. The number of carbonyl (C=O) groups excluding carboxylic acids is 2. The Kier molecular flexibility index (Phi) is 7.75. The summed E-state index contributed by atoms with van der Waals surface area (Å²) in [5, 5.41) is 5.40. The van der Waals surface area contributed by atoms with Crippen molar-refractivity contribution in [2.75, 3.05) is 31.5 Å². The molecule has 1 aliphatic rings. The number of benzene rings is 1. The number of urea groups is 1. The summed E-state index contributed by atoms with van der Waals surface area (Å²) in [6, 6.07) is 2.31. The fraction of sp³-hybridized carbons (Fsp3) is 0.450. The minimum atomic E-state index is -1.03. The van der Waals surface area contributed by atoms with Crippen molar-refractivity contribution in [3.63, 3.8) is 0 Å². The number of anilines is 1. The van der Waals surface area contributed by atoms with Gasteiger partial charge in [0.05, 0.1) is 0 Å². The van der Waals surface area contributed by atoms with Gasteiger partial charge in [0.2, 0.25) is 5.88 Å². The van der Waals surface area contributed by atoms with E-state index in [0.29, 0.717) is 6.54 Å². The number of nitrogens with one attached hydrogen (secondary N) is 2. The van der Waals surface area contributed by atoms with Gasteiger partial charge in [-0.25, -0.2) is 13.6 Å². The normalized spacial score (nSPS) is 14.3. The van der Waals surface area contributed by atoms with Gasteiger partial charge in [0, 0.05) is 18.7 Å². The predicted molar refractivity (Wildman–Crippen MR) is 113 cm³/mol. The minimum absolute atomic E-state index is 0.0310. The highest BCUT2D eigenvalue weighted by molar-refractivity contribution is 7.11. The summed E-state index contributed by atoms with van der Waals surface area (Å²) < 4.78 is 37.1. The molecule has 0 aliphatic carbocycles. The maximum Gasteiger partial charge on any atom is 0.319 e. The van der Waals surface area contributed by atoms with Crippen LogP contribution in [0.2, 0.25) is 0 Å². The van der Waals surface area contributed by atoms with Crippen molar-refractivity contribution in [3.05, 3.63) is 40.5 Å². The Morgan fingerprint density at radius 3 is 2.68 bits per heavy atom. The number of hydrogen-bond donors (Lipinski definition) is 3. The van der Waals surface area contributed by atoms with Gasteiger partial charge in [0.25, 0.3) is 5.91 Å². The first-order valence-electron chi connectivity index (χ1n) is 9.99. The third-order valence-corrected chi connectivity index (χ3v) is 5.76. The number of piperidine rings is 1. The molecule has 31 heavy (non-hydrogen) atoms. The lowest BCUT2D eigenvalue weighted by molar-refractivity contribution is 0.0996. The van der Waals surface area contributed by atoms with Crippen LogP contribution in [0.4, 0.5) is 18.6 Å². The van der Waals surface area contributed by atoms with Gasteiger partial charge in [-0.2, -0.15) is 4.37 Å². The maximum atomic E-state index is 14.0. The highest BCUT2D eigenvalue weighted by atomic mass is 32.1.